The van der Waals surface area contributed by atoms with E-state index in [1.165, 1.54) is 11.1 Å². The Morgan fingerprint density at radius 1 is 0.576 bits per heavy atom. The number of ether oxygens (including phenoxy) is 1. The molecule has 0 aliphatic carbocycles. The van der Waals surface area contributed by atoms with Crippen LogP contribution in [0.2, 0.25) is 36.3 Å². The van der Waals surface area contributed by atoms with Crippen LogP contribution in [-0.2, 0) is 88.2 Å². The molecule has 0 saturated carbocycles. The van der Waals surface area contributed by atoms with Gasteiger partial charge >= 0.3 is 139 Å². The largest absolute Gasteiger partial charge is 1.00 e. The van der Waals surface area contributed by atoms with Gasteiger partial charge in [0.05, 0.1) is 33.9 Å². The van der Waals surface area contributed by atoms with Crippen molar-refractivity contribution in [3.63, 3.8) is 0 Å². The predicted octanol–water partition coefficient (Wildman–Crippen LogP) is 5.81. The third kappa shape index (κ3) is 41.8. The van der Waals surface area contributed by atoms with Gasteiger partial charge < -0.3 is 46.8 Å². The summed E-state index contributed by atoms with van der Waals surface area (Å²) in [6.07, 6.45) is -15.5. The molecule has 0 aliphatic rings. The van der Waals surface area contributed by atoms with Crippen LogP contribution in [0, 0.1) is 0 Å². The number of esters is 2. The van der Waals surface area contributed by atoms with E-state index >= 15 is 0 Å². The second-order valence-corrected chi connectivity index (χ2v) is 30.1. The molecule has 470 valence electrons. The Morgan fingerprint density at radius 3 is 1.06 bits per heavy atom. The van der Waals surface area contributed by atoms with E-state index in [1.54, 1.807) is 60.7 Å². The van der Waals surface area contributed by atoms with Crippen molar-refractivity contribution < 1.29 is 212 Å². The molecule has 0 aliphatic heterocycles. The fourth-order valence-electron chi connectivity index (χ4n) is 5.12. The van der Waals surface area contributed by atoms with Crippen LogP contribution in [0.5, 0.6) is 0 Å². The van der Waals surface area contributed by atoms with Gasteiger partial charge in [0.15, 0.2) is 16.6 Å². The molecule has 0 spiro atoms. The average molecular weight is 1310 g/mol. The third-order valence-electron chi connectivity index (χ3n) is 12.2. The Hall–Kier alpha value is -2.93. The van der Waals surface area contributed by atoms with E-state index < -0.39 is 84.6 Å². The minimum absolute atomic E-state index is 0. The van der Waals surface area contributed by atoms with Gasteiger partial charge in [-0.25, -0.2) is 9.59 Å². The summed E-state index contributed by atoms with van der Waals surface area (Å²) >= 11 is 0. The summed E-state index contributed by atoms with van der Waals surface area (Å²) in [5.74, 6) is -8.06. The molecule has 0 heterocycles. The normalized spacial score (nSPS) is 11.3. The molecule has 0 radical (unpaired) electrons. The number of alkyl halides is 10. The molecule has 4 aromatic rings. The van der Waals surface area contributed by atoms with Gasteiger partial charge in [-0.1, -0.05) is 126 Å². The number of hydrogen-bond acceptors (Lipinski definition) is 14. The number of Topliss-reactive ketones (excluding diaryl/α,β-unsaturated/α-hetero) is 2. The Labute approximate surface area is 580 Å². The van der Waals surface area contributed by atoms with E-state index in [-0.39, 0.29) is 140 Å². The Morgan fingerprint density at radius 2 is 0.847 bits per heavy atom. The zero-order valence-corrected chi connectivity index (χ0v) is 58.5. The fraction of sp³-hybridized carbons (Fsp3) is 0.464. The van der Waals surface area contributed by atoms with E-state index in [1.807, 2.05) is 12.1 Å². The van der Waals surface area contributed by atoms with Crippen molar-refractivity contribution in [1.82, 2.24) is 0 Å². The number of ketones is 2. The van der Waals surface area contributed by atoms with Gasteiger partial charge in [-0.3, -0.25) is 23.6 Å². The van der Waals surface area contributed by atoms with Crippen LogP contribution < -0.4 is 119 Å². The van der Waals surface area contributed by atoms with Gasteiger partial charge in [0, 0.05) is 32.9 Å². The molecule has 29 heteroatoms. The number of aromatic carboxylic acids is 1. The first-order valence-electron chi connectivity index (χ1n) is 25.6. The summed E-state index contributed by atoms with van der Waals surface area (Å²) < 4.78 is 137. The van der Waals surface area contributed by atoms with E-state index in [2.05, 4.69) is 102 Å². The summed E-state index contributed by atoms with van der Waals surface area (Å²) in [5, 5.41) is 26.1. The number of aryl methyl sites for hydroxylation is 2. The van der Waals surface area contributed by atoms with Gasteiger partial charge in [0.1, 0.15) is 0 Å². The second kappa shape index (κ2) is 44.5. The number of halogens is 10. The van der Waals surface area contributed by atoms with Crippen LogP contribution in [0.15, 0.2) is 97.1 Å². The minimum Gasteiger partial charge on any atom is -1.00 e. The summed E-state index contributed by atoms with van der Waals surface area (Å²) in [5.41, 5.74) is 17.6. The summed E-state index contributed by atoms with van der Waals surface area (Å²) in [6, 6.07) is 28.5. The summed E-state index contributed by atoms with van der Waals surface area (Å²) in [4.78, 5) is 62.6. The molecule has 85 heavy (non-hydrogen) atoms. The molecule has 4 rings (SSSR count). The first-order valence-corrected chi connectivity index (χ1v) is 30.7. The number of aliphatic hydroxyl groups excluding tert-OH is 1. The monoisotopic (exact) mass is 1310 g/mol. The Balaban J connectivity index is -0.000000233. The second-order valence-electron chi connectivity index (χ2n) is 20.5. The number of benzene rings is 4. The molecule has 15 nitrogen and oxygen atoms in total. The van der Waals surface area contributed by atoms with E-state index in [0.717, 1.165) is 16.7 Å². The molecule has 0 saturated heterocycles. The van der Waals surface area contributed by atoms with Crippen LogP contribution >= 0.6 is 0 Å². The molecule has 6 N–H and O–H groups in total. The Kier molecular flexibility index (Phi) is 46.3. The molecule has 0 fully saturated rings. The smallest absolute Gasteiger partial charge is 1.00 e. The third-order valence-corrected chi connectivity index (χ3v) is 21.1. The predicted molar refractivity (Wildman–Crippen MR) is 295 cm³/mol. The molecule has 0 amide bonds. The van der Waals surface area contributed by atoms with Crippen LogP contribution in [0.25, 0.3) is 0 Å². The van der Waals surface area contributed by atoms with Crippen molar-refractivity contribution in [2.75, 3.05) is 7.15 Å². The van der Waals surface area contributed by atoms with Gasteiger partial charge in [0.25, 0.3) is 6.47 Å². The van der Waals surface area contributed by atoms with Crippen LogP contribution in [0.1, 0.15) is 113 Å². The number of carbonyl (C=O) groups is 6. The minimum atomic E-state index is -5.09. The number of carboxylic acid groups (broad SMARTS) is 1. The zero-order valence-electron chi connectivity index (χ0n) is 52.2. The van der Waals surface area contributed by atoms with Crippen molar-refractivity contribution in [2.24, 2.45) is 11.5 Å². The molecule has 0 bridgehead atoms. The van der Waals surface area contributed by atoms with Gasteiger partial charge in [0.2, 0.25) is 11.6 Å². The van der Waals surface area contributed by atoms with Gasteiger partial charge in [-0.05, 0) is 100 Å². The first kappa shape index (κ1) is 88.5. The maximum atomic E-state index is 12.2. The fourth-order valence-corrected chi connectivity index (χ4v) is 7.04. The van der Waals surface area contributed by atoms with E-state index in [0.29, 0.717) is 49.9 Å². The number of rotatable bonds is 17. The van der Waals surface area contributed by atoms with Crippen LogP contribution in [0.4, 0.5) is 43.9 Å². The SMILES string of the molecule is CC(=O)OC(=O)C(F)(F)F.CC(C)(C)[Si](C)(C)OCc1ccc(CCC(=O)C(F)(F)F)cc1.CC(C)(C)[Si](C)(C)OCc1ccc(CN)cc1.NCc1ccc(C(=O)O)cc1.O=C(CCc1ccc(CO)cc1)C(F)(F)F.O=CO[O-].[2H]CF.[H-].[K+].[K+]. The number of hydrogen-bond donors (Lipinski definition) is 4. The van der Waals surface area contributed by atoms with E-state index in [9.17, 15) is 67.9 Å². The maximum Gasteiger partial charge on any atom is 1.00 e. The van der Waals surface area contributed by atoms with Gasteiger partial charge in [-0.2, -0.15) is 39.5 Å². The van der Waals surface area contributed by atoms with Crippen molar-refractivity contribution >= 4 is 52.6 Å². The zero-order chi connectivity index (χ0) is 65.9. The number of carboxylic acids is 1. The van der Waals surface area contributed by atoms with Crippen LogP contribution in [-0.4, -0.2) is 88.5 Å². The first-order chi connectivity index (χ1) is 38.4. The van der Waals surface area contributed by atoms with Crippen molar-refractivity contribution in [1.29, 1.82) is 0 Å². The molecular weight excluding hydrogens is 1230 g/mol. The average Bonchev–Trinajstić information content (AvgIpc) is 3.30. The number of aliphatic hydroxyl groups is 1. The van der Waals surface area contributed by atoms with Crippen LogP contribution in [0.3, 0.4) is 0 Å². The summed E-state index contributed by atoms with van der Waals surface area (Å²) in [7, 11) is -4.46. The van der Waals surface area contributed by atoms with Gasteiger partial charge in [-0.15, -0.1) is 0 Å². The standard InChI is InChI=1S/C17H25F3O2Si.C14H25NOSi.C11H11F3O2.C8H9NO2.C4H3F3O3.CH3F.CH2O3.2K.H/c1-16(2,3)23(4,5)22-12-14-8-6-13(7-9-14)10-11-15(21)17(18,19)20;1-14(2,3)17(4,5)16-11-13-8-6-12(10-15)7-9-13;12-11(13,14)10(16)6-5-8-1-3-9(7-15)4-2-8;9-5-6-1-3-7(4-2-6)8(10)11;1-2(8)10-3(9)4(5,6)7;1-2;2-1-4-3;;;/h6-9H,10-12H2,1-5H3;6-9H,10-11,15H2,1-5H3;1-4,15H,5-7H2;1-4H,5,9H2,(H,10,11);1H3;1H3;1,3H;;;/q;;;;;;;2*+1;-1/p-1/i;;;;;1D;;;;. The Bertz CT molecular complexity index is 2560. The van der Waals surface area contributed by atoms with Crippen molar-refractivity contribution in [2.45, 2.75) is 162 Å². The van der Waals surface area contributed by atoms with Crippen molar-refractivity contribution in [3.8, 4) is 0 Å². The molecule has 0 atom stereocenters. The number of carbonyl (C=O) groups excluding carboxylic acids is 5. The molecule has 0 aromatic heterocycles. The van der Waals surface area contributed by atoms with E-state index in [4.69, 9.17) is 42.0 Å². The molecule has 4 aromatic carbocycles. The molecule has 0 unspecified atom stereocenters. The topological polar surface area (TPSA) is 255 Å². The quantitative estimate of drug-likeness (QED) is 0.0185. The van der Waals surface area contributed by atoms with Crippen molar-refractivity contribution in [3.05, 3.63) is 142 Å². The summed E-state index contributed by atoms with van der Waals surface area (Å²) in [6.45, 7) is 24.9. The number of nitrogens with two attached hydrogens (primary N) is 2. The molecular formula is C56H78F10K2N2O13Si2. The maximum absolute atomic E-state index is 12.2.